The predicted molar refractivity (Wildman–Crippen MR) is 85.0 cm³/mol. The molecule has 0 aliphatic heterocycles. The molecule has 0 bridgehead atoms. The van der Waals surface area contributed by atoms with Crippen molar-refractivity contribution < 1.29 is 14.4 Å². The second-order valence-electron chi connectivity index (χ2n) is 5.63. The first-order chi connectivity index (χ1) is 10.2. The Morgan fingerprint density at radius 1 is 0.727 bits per heavy atom. The molecule has 0 saturated carbocycles. The number of rotatable bonds is 5. The Morgan fingerprint density at radius 2 is 1.05 bits per heavy atom. The van der Waals surface area contributed by atoms with Gasteiger partial charge in [0.25, 0.3) is 17.7 Å². The molecule has 0 aliphatic rings. The summed E-state index contributed by atoms with van der Waals surface area (Å²) in [5.41, 5.74) is 0.834. The summed E-state index contributed by atoms with van der Waals surface area (Å²) >= 11 is 0. The summed E-state index contributed by atoms with van der Waals surface area (Å²) in [4.78, 5) is 36.1. The van der Waals surface area contributed by atoms with Crippen molar-refractivity contribution in [2.45, 2.75) is 39.8 Å². The maximum absolute atomic E-state index is 12.1. The van der Waals surface area contributed by atoms with Gasteiger partial charge < -0.3 is 16.0 Å². The van der Waals surface area contributed by atoms with Gasteiger partial charge in [-0.3, -0.25) is 14.4 Å². The molecule has 22 heavy (non-hydrogen) atoms. The summed E-state index contributed by atoms with van der Waals surface area (Å²) in [6.45, 7) is 7.36. The third-order valence-electron chi connectivity index (χ3n) is 2.79. The number of hydrogen-bond donors (Lipinski definition) is 3. The van der Waals surface area contributed by atoms with Gasteiger partial charge in [0.1, 0.15) is 0 Å². The number of nitrogens with one attached hydrogen (secondary N) is 3. The molecule has 6 nitrogen and oxygen atoms in total. The smallest absolute Gasteiger partial charge is 0.251 e. The van der Waals surface area contributed by atoms with Crippen LogP contribution in [0.15, 0.2) is 18.2 Å². The fraction of sp³-hybridized carbons (Fsp3) is 0.438. The van der Waals surface area contributed by atoms with Crippen molar-refractivity contribution in [1.82, 2.24) is 16.0 Å². The monoisotopic (exact) mass is 305 g/mol. The molecule has 0 saturated heterocycles. The molecule has 3 amide bonds. The Morgan fingerprint density at radius 3 is 1.32 bits per heavy atom. The highest BCUT2D eigenvalue weighted by Crippen LogP contribution is 2.12. The molecule has 120 valence electrons. The highest BCUT2D eigenvalue weighted by Gasteiger charge is 2.16. The molecule has 6 heteroatoms. The van der Waals surface area contributed by atoms with Crippen molar-refractivity contribution >= 4 is 17.7 Å². The summed E-state index contributed by atoms with van der Waals surface area (Å²) < 4.78 is 0. The van der Waals surface area contributed by atoms with Crippen LogP contribution in [0.25, 0.3) is 0 Å². The van der Waals surface area contributed by atoms with Crippen LogP contribution in [-0.4, -0.2) is 36.9 Å². The minimum Gasteiger partial charge on any atom is -0.355 e. The SMILES string of the molecule is CNC(=O)c1cc(C(=O)NC(C)C)cc(C(=O)NC(C)C)c1. The van der Waals surface area contributed by atoms with Crippen LogP contribution in [-0.2, 0) is 0 Å². The van der Waals surface area contributed by atoms with Gasteiger partial charge in [-0.2, -0.15) is 0 Å². The molecule has 0 unspecified atom stereocenters. The van der Waals surface area contributed by atoms with Gasteiger partial charge in [0.05, 0.1) is 0 Å². The molecular weight excluding hydrogens is 282 g/mol. The van der Waals surface area contributed by atoms with E-state index in [4.69, 9.17) is 0 Å². The molecule has 1 rings (SSSR count). The Labute approximate surface area is 130 Å². The van der Waals surface area contributed by atoms with Crippen LogP contribution in [0.2, 0.25) is 0 Å². The van der Waals surface area contributed by atoms with Gasteiger partial charge in [0, 0.05) is 35.8 Å². The lowest BCUT2D eigenvalue weighted by Gasteiger charge is -2.13. The fourth-order valence-corrected chi connectivity index (χ4v) is 1.86. The molecular formula is C16H23N3O3. The minimum absolute atomic E-state index is 0.0379. The van der Waals surface area contributed by atoms with E-state index < -0.39 is 0 Å². The molecule has 3 N–H and O–H groups in total. The molecule has 0 fully saturated rings. The van der Waals surface area contributed by atoms with Crippen LogP contribution >= 0.6 is 0 Å². The second-order valence-corrected chi connectivity index (χ2v) is 5.63. The van der Waals surface area contributed by atoms with E-state index in [1.807, 2.05) is 27.7 Å². The topological polar surface area (TPSA) is 87.3 Å². The van der Waals surface area contributed by atoms with Crippen LogP contribution in [0.5, 0.6) is 0 Å². The number of carbonyl (C=O) groups is 3. The normalized spacial score (nSPS) is 10.5. The van der Waals surface area contributed by atoms with Gasteiger partial charge in [-0.15, -0.1) is 0 Å². The standard InChI is InChI=1S/C16H23N3O3/c1-9(2)18-15(21)12-6-11(14(20)17-5)7-13(8-12)16(22)19-10(3)4/h6-10H,1-5H3,(H,17,20)(H,18,21)(H,19,22). The Bertz CT molecular complexity index is 540. The van der Waals surface area contributed by atoms with Crippen molar-refractivity contribution in [3.05, 3.63) is 34.9 Å². The van der Waals surface area contributed by atoms with Crippen LogP contribution in [0.4, 0.5) is 0 Å². The Balaban J connectivity index is 3.24. The third-order valence-corrected chi connectivity index (χ3v) is 2.79. The van der Waals surface area contributed by atoms with Crippen molar-refractivity contribution in [2.75, 3.05) is 7.05 Å². The van der Waals surface area contributed by atoms with Gasteiger partial charge in [-0.1, -0.05) is 0 Å². The van der Waals surface area contributed by atoms with Crippen molar-refractivity contribution in [1.29, 1.82) is 0 Å². The molecule has 0 heterocycles. The molecule has 1 aromatic carbocycles. The van der Waals surface area contributed by atoms with E-state index in [1.165, 1.54) is 25.2 Å². The van der Waals surface area contributed by atoms with E-state index in [0.29, 0.717) is 0 Å². The van der Waals surface area contributed by atoms with Gasteiger partial charge in [-0.25, -0.2) is 0 Å². The zero-order chi connectivity index (χ0) is 16.9. The van der Waals surface area contributed by atoms with E-state index in [2.05, 4.69) is 16.0 Å². The highest BCUT2D eigenvalue weighted by molar-refractivity contribution is 6.04. The first-order valence-corrected chi connectivity index (χ1v) is 7.23. The van der Waals surface area contributed by atoms with Crippen molar-refractivity contribution in [2.24, 2.45) is 0 Å². The summed E-state index contributed by atoms with van der Waals surface area (Å²) in [5, 5.41) is 7.99. The highest BCUT2D eigenvalue weighted by atomic mass is 16.2. The van der Waals surface area contributed by atoms with Crippen LogP contribution < -0.4 is 16.0 Å². The lowest BCUT2D eigenvalue weighted by Crippen LogP contribution is -2.32. The van der Waals surface area contributed by atoms with E-state index in [-0.39, 0.29) is 46.5 Å². The lowest BCUT2D eigenvalue weighted by atomic mass is 10.0. The quantitative estimate of drug-likeness (QED) is 0.767. The lowest BCUT2D eigenvalue weighted by molar-refractivity contribution is 0.0942. The Kier molecular flexibility index (Phi) is 6.10. The molecule has 0 radical (unpaired) electrons. The number of amides is 3. The van der Waals surface area contributed by atoms with Crippen LogP contribution in [0.1, 0.15) is 58.8 Å². The van der Waals surface area contributed by atoms with Crippen molar-refractivity contribution in [3.8, 4) is 0 Å². The predicted octanol–water partition coefficient (Wildman–Crippen LogP) is 1.32. The number of benzene rings is 1. The van der Waals surface area contributed by atoms with Gasteiger partial charge in [-0.05, 0) is 45.9 Å². The average molecular weight is 305 g/mol. The molecule has 0 spiro atoms. The minimum atomic E-state index is -0.349. The van der Waals surface area contributed by atoms with E-state index in [0.717, 1.165) is 0 Å². The fourth-order valence-electron chi connectivity index (χ4n) is 1.86. The zero-order valence-electron chi connectivity index (χ0n) is 13.6. The van der Waals surface area contributed by atoms with Gasteiger partial charge in [0.15, 0.2) is 0 Å². The van der Waals surface area contributed by atoms with E-state index >= 15 is 0 Å². The average Bonchev–Trinajstić information content (AvgIpc) is 2.44. The van der Waals surface area contributed by atoms with Gasteiger partial charge >= 0.3 is 0 Å². The van der Waals surface area contributed by atoms with Crippen molar-refractivity contribution in [3.63, 3.8) is 0 Å². The third kappa shape index (κ3) is 4.87. The number of hydrogen-bond acceptors (Lipinski definition) is 3. The summed E-state index contributed by atoms with van der Waals surface area (Å²) in [6.07, 6.45) is 0. The molecule has 1 aromatic rings. The van der Waals surface area contributed by atoms with Crippen LogP contribution in [0, 0.1) is 0 Å². The summed E-state index contributed by atoms with van der Waals surface area (Å²) in [5.74, 6) is -0.989. The molecule has 0 aromatic heterocycles. The maximum atomic E-state index is 12.1. The number of carbonyl (C=O) groups excluding carboxylic acids is 3. The van der Waals surface area contributed by atoms with Gasteiger partial charge in [0.2, 0.25) is 0 Å². The summed E-state index contributed by atoms with van der Waals surface area (Å²) in [6, 6.07) is 4.36. The van der Waals surface area contributed by atoms with Crippen LogP contribution in [0.3, 0.4) is 0 Å². The molecule has 0 aliphatic carbocycles. The Hall–Kier alpha value is -2.37. The summed E-state index contributed by atoms with van der Waals surface area (Å²) in [7, 11) is 1.50. The van der Waals surface area contributed by atoms with E-state index in [9.17, 15) is 14.4 Å². The van der Waals surface area contributed by atoms with E-state index in [1.54, 1.807) is 0 Å². The maximum Gasteiger partial charge on any atom is 0.251 e. The second kappa shape index (κ2) is 7.59. The first kappa shape index (κ1) is 17.7. The first-order valence-electron chi connectivity index (χ1n) is 7.23. The zero-order valence-corrected chi connectivity index (χ0v) is 13.6. The largest absolute Gasteiger partial charge is 0.355 e. The molecule has 0 atom stereocenters.